The van der Waals surface area contributed by atoms with Crippen molar-refractivity contribution >= 4 is 11.8 Å². The third kappa shape index (κ3) is 6.07. The number of hydrogen-bond donors (Lipinski definition) is 1. The monoisotopic (exact) mass is 338 g/mol. The summed E-state index contributed by atoms with van der Waals surface area (Å²) < 4.78 is 0. The highest BCUT2D eigenvalue weighted by Gasteiger charge is 2.15. The highest BCUT2D eigenvalue weighted by Crippen LogP contribution is 2.14. The lowest BCUT2D eigenvalue weighted by atomic mass is 10.0. The maximum absolute atomic E-state index is 12.7. The van der Waals surface area contributed by atoms with Crippen molar-refractivity contribution in [3.8, 4) is 0 Å². The van der Waals surface area contributed by atoms with Gasteiger partial charge in [-0.25, -0.2) is 0 Å². The minimum Gasteiger partial charge on any atom is -0.370 e. The van der Waals surface area contributed by atoms with Crippen molar-refractivity contribution < 1.29 is 9.59 Å². The summed E-state index contributed by atoms with van der Waals surface area (Å²) in [6.07, 6.45) is 1.31. The zero-order valence-corrected chi connectivity index (χ0v) is 15.0. The van der Waals surface area contributed by atoms with Crippen LogP contribution >= 0.6 is 0 Å². The summed E-state index contributed by atoms with van der Waals surface area (Å²) in [6, 6.07) is 16.1. The van der Waals surface area contributed by atoms with Gasteiger partial charge in [0.15, 0.2) is 0 Å². The first-order valence-corrected chi connectivity index (χ1v) is 8.62. The topological polar surface area (TPSA) is 63.4 Å². The minimum absolute atomic E-state index is 0.0464. The molecule has 0 bridgehead atoms. The summed E-state index contributed by atoms with van der Waals surface area (Å²) >= 11 is 0. The SMILES string of the molecule is Cc1ccc(CCC(=O)N(CCC(N)=O)Cc2ccccc2)c(C)c1. The number of carbonyl (C=O) groups is 2. The van der Waals surface area contributed by atoms with E-state index in [1.807, 2.05) is 30.3 Å². The second-order valence-corrected chi connectivity index (χ2v) is 6.45. The number of nitrogens with zero attached hydrogens (tertiary/aromatic N) is 1. The Morgan fingerprint density at radius 1 is 1.00 bits per heavy atom. The summed E-state index contributed by atoms with van der Waals surface area (Å²) in [5.74, 6) is -0.342. The molecule has 0 saturated carbocycles. The molecular weight excluding hydrogens is 312 g/mol. The maximum atomic E-state index is 12.7. The number of hydrogen-bond acceptors (Lipinski definition) is 2. The van der Waals surface area contributed by atoms with E-state index in [-0.39, 0.29) is 18.2 Å². The van der Waals surface area contributed by atoms with Gasteiger partial charge >= 0.3 is 0 Å². The summed E-state index contributed by atoms with van der Waals surface area (Å²) in [5.41, 5.74) is 9.92. The standard InChI is InChI=1S/C21H26N2O2/c1-16-8-9-19(17(2)14-16)10-11-21(25)23(13-12-20(22)24)15-18-6-4-3-5-7-18/h3-9,14H,10-13,15H2,1-2H3,(H2,22,24). The van der Waals surface area contributed by atoms with Gasteiger partial charge in [-0.2, -0.15) is 0 Å². The van der Waals surface area contributed by atoms with Gasteiger partial charge in [-0.15, -0.1) is 0 Å². The third-order valence-electron chi connectivity index (χ3n) is 4.30. The molecule has 0 aliphatic rings. The Morgan fingerprint density at radius 2 is 1.72 bits per heavy atom. The van der Waals surface area contributed by atoms with Crippen molar-refractivity contribution in [2.24, 2.45) is 5.73 Å². The fourth-order valence-electron chi connectivity index (χ4n) is 2.87. The summed E-state index contributed by atoms with van der Waals surface area (Å²) in [7, 11) is 0. The third-order valence-corrected chi connectivity index (χ3v) is 4.30. The number of carbonyl (C=O) groups excluding carboxylic acids is 2. The molecule has 2 aromatic carbocycles. The molecule has 0 heterocycles. The van der Waals surface area contributed by atoms with Crippen molar-refractivity contribution in [3.05, 3.63) is 70.8 Å². The summed E-state index contributed by atoms with van der Waals surface area (Å²) in [4.78, 5) is 25.5. The average molecular weight is 338 g/mol. The number of benzene rings is 2. The predicted molar refractivity (Wildman–Crippen MR) is 99.9 cm³/mol. The van der Waals surface area contributed by atoms with Crippen LogP contribution in [-0.2, 0) is 22.6 Å². The van der Waals surface area contributed by atoms with E-state index >= 15 is 0 Å². The first kappa shape index (κ1) is 18.7. The number of aryl methyl sites for hydroxylation is 3. The van der Waals surface area contributed by atoms with Gasteiger partial charge < -0.3 is 10.6 Å². The molecule has 2 aromatic rings. The van der Waals surface area contributed by atoms with E-state index in [0.29, 0.717) is 25.9 Å². The Balaban J connectivity index is 2.02. The number of nitrogens with two attached hydrogens (primary N) is 1. The molecule has 0 aromatic heterocycles. The lowest BCUT2D eigenvalue weighted by Gasteiger charge is -2.22. The summed E-state index contributed by atoms with van der Waals surface area (Å²) in [5, 5.41) is 0. The zero-order chi connectivity index (χ0) is 18.2. The second-order valence-electron chi connectivity index (χ2n) is 6.45. The van der Waals surface area contributed by atoms with Gasteiger partial charge in [-0.05, 0) is 37.0 Å². The molecule has 0 saturated heterocycles. The fourth-order valence-corrected chi connectivity index (χ4v) is 2.87. The van der Waals surface area contributed by atoms with Crippen LogP contribution in [0.5, 0.6) is 0 Å². The van der Waals surface area contributed by atoms with E-state index in [4.69, 9.17) is 5.73 Å². The smallest absolute Gasteiger partial charge is 0.223 e. The van der Waals surface area contributed by atoms with Gasteiger partial charge in [0.25, 0.3) is 0 Å². The van der Waals surface area contributed by atoms with Crippen molar-refractivity contribution in [1.29, 1.82) is 0 Å². The van der Waals surface area contributed by atoms with E-state index in [2.05, 4.69) is 32.0 Å². The van der Waals surface area contributed by atoms with Gasteiger partial charge in [0, 0.05) is 25.9 Å². The molecule has 0 aliphatic heterocycles. The molecule has 0 atom stereocenters. The molecule has 0 aliphatic carbocycles. The van der Waals surface area contributed by atoms with Crippen molar-refractivity contribution in [2.45, 2.75) is 39.7 Å². The molecule has 25 heavy (non-hydrogen) atoms. The Kier molecular flexibility index (Phi) is 6.75. The van der Waals surface area contributed by atoms with Crippen LogP contribution in [0.4, 0.5) is 0 Å². The normalized spacial score (nSPS) is 10.5. The van der Waals surface area contributed by atoms with Gasteiger partial charge in [0.1, 0.15) is 0 Å². The first-order valence-electron chi connectivity index (χ1n) is 8.62. The molecule has 2 N–H and O–H groups in total. The van der Waals surface area contributed by atoms with Crippen LogP contribution in [0.25, 0.3) is 0 Å². The van der Waals surface area contributed by atoms with E-state index in [0.717, 1.165) is 5.56 Å². The summed E-state index contributed by atoms with van der Waals surface area (Å²) in [6.45, 7) is 4.99. The number of amides is 2. The zero-order valence-electron chi connectivity index (χ0n) is 15.0. The molecular formula is C21H26N2O2. The molecule has 4 nitrogen and oxygen atoms in total. The van der Waals surface area contributed by atoms with Crippen molar-refractivity contribution in [1.82, 2.24) is 4.90 Å². The average Bonchev–Trinajstić information content (AvgIpc) is 2.58. The van der Waals surface area contributed by atoms with Crippen LogP contribution in [0.15, 0.2) is 48.5 Å². The second kappa shape index (κ2) is 9.02. The molecule has 0 radical (unpaired) electrons. The highest BCUT2D eigenvalue weighted by molar-refractivity contribution is 5.78. The lowest BCUT2D eigenvalue weighted by Crippen LogP contribution is -2.33. The van der Waals surface area contributed by atoms with E-state index in [1.165, 1.54) is 16.7 Å². The fraction of sp³-hybridized carbons (Fsp3) is 0.333. The molecule has 2 rings (SSSR count). The Labute approximate surface area is 149 Å². The van der Waals surface area contributed by atoms with Gasteiger partial charge in [0.2, 0.25) is 11.8 Å². The molecule has 0 spiro atoms. The molecule has 4 heteroatoms. The van der Waals surface area contributed by atoms with Crippen LogP contribution in [0, 0.1) is 13.8 Å². The van der Waals surface area contributed by atoms with Crippen molar-refractivity contribution in [2.75, 3.05) is 6.54 Å². The van der Waals surface area contributed by atoms with Crippen LogP contribution < -0.4 is 5.73 Å². The molecule has 0 fully saturated rings. The van der Waals surface area contributed by atoms with Gasteiger partial charge in [-0.1, -0.05) is 54.1 Å². The van der Waals surface area contributed by atoms with Crippen LogP contribution in [-0.4, -0.2) is 23.3 Å². The molecule has 2 amide bonds. The van der Waals surface area contributed by atoms with E-state index < -0.39 is 0 Å². The van der Waals surface area contributed by atoms with Crippen molar-refractivity contribution in [3.63, 3.8) is 0 Å². The molecule has 132 valence electrons. The van der Waals surface area contributed by atoms with E-state index in [1.54, 1.807) is 4.90 Å². The Hall–Kier alpha value is -2.62. The Morgan fingerprint density at radius 3 is 2.36 bits per heavy atom. The van der Waals surface area contributed by atoms with Gasteiger partial charge in [-0.3, -0.25) is 9.59 Å². The largest absolute Gasteiger partial charge is 0.370 e. The van der Waals surface area contributed by atoms with Crippen LogP contribution in [0.3, 0.4) is 0 Å². The number of primary amides is 1. The quantitative estimate of drug-likeness (QED) is 0.804. The van der Waals surface area contributed by atoms with Crippen LogP contribution in [0.2, 0.25) is 0 Å². The predicted octanol–water partition coefficient (Wildman–Crippen LogP) is 3.14. The first-order chi connectivity index (χ1) is 12.0. The van der Waals surface area contributed by atoms with Gasteiger partial charge in [0.05, 0.1) is 0 Å². The van der Waals surface area contributed by atoms with E-state index in [9.17, 15) is 9.59 Å². The maximum Gasteiger partial charge on any atom is 0.223 e. The molecule has 0 unspecified atom stereocenters. The Bertz CT molecular complexity index is 726. The highest BCUT2D eigenvalue weighted by atomic mass is 16.2. The van der Waals surface area contributed by atoms with Crippen LogP contribution in [0.1, 0.15) is 35.1 Å². The lowest BCUT2D eigenvalue weighted by molar-refractivity contribution is -0.132. The number of rotatable bonds is 8. The minimum atomic E-state index is -0.389.